The molecule has 2 aliphatic heterocycles. The number of rotatable bonds is 1. The predicted molar refractivity (Wildman–Crippen MR) is 100 cm³/mol. The monoisotopic (exact) mass is 346 g/mol. The topological polar surface area (TPSA) is 23.6 Å². The second-order valence-electron chi connectivity index (χ2n) is 6.57. The van der Waals surface area contributed by atoms with Gasteiger partial charge in [-0.2, -0.15) is 0 Å². The summed E-state index contributed by atoms with van der Waals surface area (Å²) >= 11 is 1.73. The van der Waals surface area contributed by atoms with Crippen LogP contribution in [0, 0.1) is 0 Å². The SMILES string of the molecule is O=C1c2ccccc2-c2sccc2CN2CCC(c3ccccc3)N12. The summed E-state index contributed by atoms with van der Waals surface area (Å²) in [6.45, 7) is 1.70. The van der Waals surface area contributed by atoms with E-state index in [1.54, 1.807) is 11.3 Å². The van der Waals surface area contributed by atoms with Gasteiger partial charge in [-0.1, -0.05) is 48.5 Å². The van der Waals surface area contributed by atoms with Crippen molar-refractivity contribution in [1.82, 2.24) is 10.0 Å². The number of fused-ring (bicyclic) bond motifs is 4. The summed E-state index contributed by atoms with van der Waals surface area (Å²) in [5.41, 5.74) is 4.39. The first-order chi connectivity index (χ1) is 12.3. The van der Waals surface area contributed by atoms with E-state index in [4.69, 9.17) is 0 Å². The molecular weight excluding hydrogens is 328 g/mol. The van der Waals surface area contributed by atoms with Crippen LogP contribution in [0.5, 0.6) is 0 Å². The second kappa shape index (κ2) is 5.83. The zero-order valence-corrected chi connectivity index (χ0v) is 14.6. The Labute approximate surface area is 151 Å². The molecule has 3 nitrogen and oxygen atoms in total. The summed E-state index contributed by atoms with van der Waals surface area (Å²) in [5.74, 6) is 0.112. The van der Waals surface area contributed by atoms with Gasteiger partial charge in [0.25, 0.3) is 5.91 Å². The van der Waals surface area contributed by atoms with Crippen LogP contribution < -0.4 is 0 Å². The standard InChI is InChI=1S/C21H18N2OS/c24-21-18-9-5-4-8-17(18)20-16(11-13-25-20)14-22-12-10-19(23(21)22)15-6-2-1-3-7-15/h1-9,11,13,19H,10,12,14H2. The van der Waals surface area contributed by atoms with Gasteiger partial charge in [-0.3, -0.25) is 9.80 Å². The Morgan fingerprint density at radius 1 is 0.920 bits per heavy atom. The molecule has 1 unspecified atom stereocenters. The van der Waals surface area contributed by atoms with Crippen molar-refractivity contribution >= 4 is 17.2 Å². The molecule has 3 heterocycles. The molecule has 0 radical (unpaired) electrons. The maximum Gasteiger partial charge on any atom is 0.269 e. The van der Waals surface area contributed by atoms with Gasteiger partial charge in [-0.05, 0) is 35.1 Å². The summed E-state index contributed by atoms with van der Waals surface area (Å²) in [6.07, 6.45) is 0.970. The molecule has 1 aromatic heterocycles. The molecule has 0 N–H and O–H groups in total. The molecule has 3 aromatic rings. The lowest BCUT2D eigenvalue weighted by Gasteiger charge is -2.34. The van der Waals surface area contributed by atoms with Gasteiger partial charge in [0.05, 0.1) is 6.04 Å². The third kappa shape index (κ3) is 2.33. The summed E-state index contributed by atoms with van der Waals surface area (Å²) < 4.78 is 0. The van der Waals surface area contributed by atoms with Crippen molar-refractivity contribution in [2.45, 2.75) is 19.0 Å². The number of carbonyl (C=O) groups excluding carboxylic acids is 1. The lowest BCUT2D eigenvalue weighted by molar-refractivity contribution is -0.000975. The molecule has 1 saturated heterocycles. The first-order valence-corrected chi connectivity index (χ1v) is 9.50. The van der Waals surface area contributed by atoms with Gasteiger partial charge in [-0.15, -0.1) is 11.3 Å². The fraction of sp³-hybridized carbons (Fsp3) is 0.190. The van der Waals surface area contributed by atoms with Crippen LogP contribution in [0.2, 0.25) is 0 Å². The van der Waals surface area contributed by atoms with Crippen molar-refractivity contribution in [2.75, 3.05) is 6.54 Å². The smallest absolute Gasteiger partial charge is 0.268 e. The predicted octanol–water partition coefficient (Wildman–Crippen LogP) is 4.73. The molecule has 2 aliphatic rings. The summed E-state index contributed by atoms with van der Waals surface area (Å²) in [7, 11) is 0. The van der Waals surface area contributed by atoms with Crippen molar-refractivity contribution in [2.24, 2.45) is 0 Å². The number of hydrogen-bond donors (Lipinski definition) is 0. The maximum atomic E-state index is 13.5. The fourth-order valence-electron chi connectivity index (χ4n) is 3.99. The first kappa shape index (κ1) is 14.9. The molecule has 1 fully saturated rings. The van der Waals surface area contributed by atoms with Crippen LogP contribution in [0.25, 0.3) is 10.4 Å². The second-order valence-corrected chi connectivity index (χ2v) is 7.49. The lowest BCUT2D eigenvalue weighted by atomic mass is 10.00. The molecule has 2 aromatic carbocycles. The van der Waals surface area contributed by atoms with Gasteiger partial charge >= 0.3 is 0 Å². The van der Waals surface area contributed by atoms with Crippen molar-refractivity contribution in [3.05, 3.63) is 82.7 Å². The Balaban J connectivity index is 1.66. The van der Waals surface area contributed by atoms with Crippen molar-refractivity contribution in [3.8, 4) is 10.4 Å². The molecule has 0 saturated carbocycles. The number of nitrogens with zero attached hydrogens (tertiary/aromatic N) is 2. The summed E-state index contributed by atoms with van der Waals surface area (Å²) in [4.78, 5) is 14.7. The Bertz CT molecular complexity index is 934. The van der Waals surface area contributed by atoms with Crippen LogP contribution in [0.3, 0.4) is 0 Å². The van der Waals surface area contributed by atoms with Gasteiger partial charge in [0.2, 0.25) is 0 Å². The third-order valence-electron chi connectivity index (χ3n) is 5.15. The minimum atomic E-state index is 0.112. The molecular formula is C21H18N2OS. The highest BCUT2D eigenvalue weighted by atomic mass is 32.1. The first-order valence-electron chi connectivity index (χ1n) is 8.62. The van der Waals surface area contributed by atoms with Crippen LogP contribution in [-0.4, -0.2) is 22.5 Å². The van der Waals surface area contributed by atoms with E-state index in [0.717, 1.165) is 30.6 Å². The minimum absolute atomic E-state index is 0.112. The minimum Gasteiger partial charge on any atom is -0.268 e. The molecule has 25 heavy (non-hydrogen) atoms. The van der Waals surface area contributed by atoms with Crippen LogP contribution >= 0.6 is 11.3 Å². The summed E-state index contributed by atoms with van der Waals surface area (Å²) in [5, 5.41) is 6.35. The normalized spacial score (nSPS) is 19.8. The Morgan fingerprint density at radius 3 is 2.52 bits per heavy atom. The molecule has 0 bridgehead atoms. The Morgan fingerprint density at radius 2 is 1.68 bits per heavy atom. The van der Waals surface area contributed by atoms with E-state index in [-0.39, 0.29) is 11.9 Å². The van der Waals surface area contributed by atoms with Crippen molar-refractivity contribution in [1.29, 1.82) is 0 Å². The van der Waals surface area contributed by atoms with Crippen LogP contribution in [0.1, 0.15) is 33.9 Å². The average molecular weight is 346 g/mol. The van der Waals surface area contributed by atoms with E-state index in [1.165, 1.54) is 16.0 Å². The third-order valence-corrected chi connectivity index (χ3v) is 6.14. The number of carbonyl (C=O) groups is 1. The number of hydrogen-bond acceptors (Lipinski definition) is 3. The van der Waals surface area contributed by atoms with E-state index in [0.29, 0.717) is 0 Å². The largest absolute Gasteiger partial charge is 0.269 e. The quantitative estimate of drug-likeness (QED) is 0.636. The zero-order valence-electron chi connectivity index (χ0n) is 13.8. The zero-order chi connectivity index (χ0) is 16.8. The highest BCUT2D eigenvalue weighted by molar-refractivity contribution is 7.13. The lowest BCUT2D eigenvalue weighted by Crippen LogP contribution is -2.43. The van der Waals surface area contributed by atoms with Gasteiger partial charge in [0.15, 0.2) is 0 Å². The number of benzene rings is 2. The number of thiophene rings is 1. The molecule has 124 valence electrons. The molecule has 5 rings (SSSR count). The maximum absolute atomic E-state index is 13.5. The molecule has 1 amide bonds. The van der Waals surface area contributed by atoms with Crippen LogP contribution in [-0.2, 0) is 6.54 Å². The van der Waals surface area contributed by atoms with E-state index < -0.39 is 0 Å². The molecule has 0 aliphatic carbocycles. The van der Waals surface area contributed by atoms with Crippen molar-refractivity contribution < 1.29 is 4.79 Å². The van der Waals surface area contributed by atoms with Gasteiger partial charge in [0.1, 0.15) is 0 Å². The summed E-state index contributed by atoms with van der Waals surface area (Å²) in [6, 6.07) is 20.7. The van der Waals surface area contributed by atoms with Crippen molar-refractivity contribution in [3.63, 3.8) is 0 Å². The van der Waals surface area contributed by atoms with E-state index >= 15 is 0 Å². The number of hydrazine groups is 1. The Hall–Kier alpha value is -2.43. The fourth-order valence-corrected chi connectivity index (χ4v) is 4.95. The van der Waals surface area contributed by atoms with E-state index in [1.807, 2.05) is 29.3 Å². The molecule has 4 heteroatoms. The average Bonchev–Trinajstić information content (AvgIpc) is 3.28. The van der Waals surface area contributed by atoms with Crippen LogP contribution in [0.15, 0.2) is 66.0 Å². The highest BCUT2D eigenvalue weighted by Gasteiger charge is 2.39. The van der Waals surface area contributed by atoms with Crippen LogP contribution in [0.4, 0.5) is 0 Å². The van der Waals surface area contributed by atoms with Gasteiger partial charge in [-0.25, -0.2) is 5.01 Å². The highest BCUT2D eigenvalue weighted by Crippen LogP contribution is 2.41. The van der Waals surface area contributed by atoms with E-state index in [2.05, 4.69) is 46.8 Å². The van der Waals surface area contributed by atoms with Gasteiger partial charge in [0, 0.05) is 29.1 Å². The van der Waals surface area contributed by atoms with Gasteiger partial charge < -0.3 is 0 Å². The molecule has 1 atom stereocenters. The van der Waals surface area contributed by atoms with E-state index in [9.17, 15) is 4.79 Å². The Kier molecular flexibility index (Phi) is 3.47. The molecule has 0 spiro atoms. The number of amides is 1.